The lowest BCUT2D eigenvalue weighted by Crippen LogP contribution is -2.35. The highest BCUT2D eigenvalue weighted by Gasteiger charge is 2.02. The Kier molecular flexibility index (Phi) is 21.9. The average Bonchev–Trinajstić information content (AvgIpc) is 2.59. The second-order valence-electron chi connectivity index (χ2n) is 6.66. The van der Waals surface area contributed by atoms with E-state index in [1.54, 1.807) is 6.92 Å². The zero-order valence-electron chi connectivity index (χ0n) is 17.1. The number of rotatable bonds is 15. The van der Waals surface area contributed by atoms with E-state index in [0.29, 0.717) is 13.1 Å². The van der Waals surface area contributed by atoms with Crippen LogP contribution in [0.3, 0.4) is 0 Å². The minimum Gasteiger partial charge on any atom is -0.481 e. The number of carboxylic acids is 1. The fourth-order valence-electron chi connectivity index (χ4n) is 2.37. The standard InChI is InChI=1S/C17H36N2O.C3H6O2/c1-4-6-7-8-9-10-11-12-13-14-17(20)18-16-19(3)15-5-2;1-2-3(4)5/h4-16H2,1-3H3,(H,18,20);2H2,1H3,(H,4,5). The Balaban J connectivity index is 0. The predicted octanol–water partition coefficient (Wildman–Crippen LogP) is 4.80. The third kappa shape index (κ3) is 25.3. The van der Waals surface area contributed by atoms with Crippen LogP contribution < -0.4 is 5.32 Å². The number of aliphatic carboxylic acids is 1. The number of carbonyl (C=O) groups excluding carboxylic acids is 1. The number of carboxylic acid groups (broad SMARTS) is 1. The molecule has 0 aromatic carbocycles. The van der Waals surface area contributed by atoms with Crippen molar-refractivity contribution in [2.75, 3.05) is 20.3 Å². The van der Waals surface area contributed by atoms with Gasteiger partial charge in [-0.1, -0.05) is 72.1 Å². The zero-order chi connectivity index (χ0) is 19.3. The van der Waals surface area contributed by atoms with Crippen LogP contribution in [0.25, 0.3) is 0 Å². The number of nitrogens with zero attached hydrogens (tertiary/aromatic N) is 1. The van der Waals surface area contributed by atoms with Crippen molar-refractivity contribution in [1.82, 2.24) is 10.2 Å². The van der Waals surface area contributed by atoms with E-state index in [-0.39, 0.29) is 12.3 Å². The molecule has 0 bridgehead atoms. The molecular formula is C20H42N2O3. The van der Waals surface area contributed by atoms with Crippen molar-refractivity contribution in [3.05, 3.63) is 0 Å². The number of hydrogen-bond acceptors (Lipinski definition) is 3. The van der Waals surface area contributed by atoms with Crippen LogP contribution in [0, 0.1) is 0 Å². The number of hydrogen-bond donors (Lipinski definition) is 2. The van der Waals surface area contributed by atoms with Crippen LogP contribution in [0.4, 0.5) is 0 Å². The van der Waals surface area contributed by atoms with Crippen LogP contribution in [-0.2, 0) is 9.59 Å². The molecule has 0 aromatic rings. The van der Waals surface area contributed by atoms with Crippen LogP contribution >= 0.6 is 0 Å². The molecule has 0 atom stereocenters. The first-order valence-electron chi connectivity index (χ1n) is 10.1. The minimum absolute atomic E-state index is 0.205. The van der Waals surface area contributed by atoms with Crippen molar-refractivity contribution in [3.63, 3.8) is 0 Å². The minimum atomic E-state index is -0.745. The van der Waals surface area contributed by atoms with E-state index in [1.165, 1.54) is 51.4 Å². The van der Waals surface area contributed by atoms with Gasteiger partial charge in [0.25, 0.3) is 0 Å². The Hall–Kier alpha value is -1.10. The van der Waals surface area contributed by atoms with Crippen molar-refractivity contribution in [2.45, 2.75) is 97.8 Å². The maximum atomic E-state index is 11.6. The maximum Gasteiger partial charge on any atom is 0.303 e. The molecule has 25 heavy (non-hydrogen) atoms. The average molecular weight is 359 g/mol. The van der Waals surface area contributed by atoms with E-state index in [9.17, 15) is 9.59 Å². The molecular weight excluding hydrogens is 316 g/mol. The molecule has 0 unspecified atom stereocenters. The second-order valence-corrected chi connectivity index (χ2v) is 6.66. The number of amides is 1. The smallest absolute Gasteiger partial charge is 0.303 e. The summed E-state index contributed by atoms with van der Waals surface area (Å²) in [6.07, 6.45) is 13.8. The number of unbranched alkanes of at least 4 members (excludes halogenated alkanes) is 8. The Bertz CT molecular complexity index is 309. The molecule has 0 saturated heterocycles. The van der Waals surface area contributed by atoms with E-state index in [1.807, 2.05) is 7.05 Å². The van der Waals surface area contributed by atoms with Crippen molar-refractivity contribution >= 4 is 11.9 Å². The van der Waals surface area contributed by atoms with Gasteiger partial charge >= 0.3 is 5.97 Å². The summed E-state index contributed by atoms with van der Waals surface area (Å²) in [5, 5.41) is 10.7. The van der Waals surface area contributed by atoms with Crippen LogP contribution in [0.15, 0.2) is 0 Å². The first-order valence-corrected chi connectivity index (χ1v) is 10.1. The summed E-state index contributed by atoms with van der Waals surface area (Å²) in [7, 11) is 2.04. The summed E-state index contributed by atoms with van der Waals surface area (Å²) in [4.78, 5) is 23.1. The Morgan fingerprint density at radius 1 is 0.840 bits per heavy atom. The van der Waals surface area contributed by atoms with Crippen LogP contribution in [0.2, 0.25) is 0 Å². The zero-order valence-corrected chi connectivity index (χ0v) is 17.1. The highest BCUT2D eigenvalue weighted by atomic mass is 16.4. The van der Waals surface area contributed by atoms with Gasteiger partial charge in [-0.25, -0.2) is 0 Å². The summed E-state index contributed by atoms with van der Waals surface area (Å²) < 4.78 is 0. The fraction of sp³-hybridized carbons (Fsp3) is 0.900. The summed E-state index contributed by atoms with van der Waals surface area (Å²) in [6, 6.07) is 0. The van der Waals surface area contributed by atoms with Gasteiger partial charge in [0.2, 0.25) is 5.91 Å². The molecule has 0 spiro atoms. The van der Waals surface area contributed by atoms with Gasteiger partial charge in [0.05, 0.1) is 6.67 Å². The molecule has 0 radical (unpaired) electrons. The van der Waals surface area contributed by atoms with Gasteiger partial charge in [-0.2, -0.15) is 0 Å². The van der Waals surface area contributed by atoms with Gasteiger partial charge in [0.15, 0.2) is 0 Å². The topological polar surface area (TPSA) is 69.6 Å². The lowest BCUT2D eigenvalue weighted by molar-refractivity contribution is -0.136. The van der Waals surface area contributed by atoms with E-state index in [4.69, 9.17) is 5.11 Å². The molecule has 0 heterocycles. The van der Waals surface area contributed by atoms with Crippen LogP contribution in [0.1, 0.15) is 97.8 Å². The second kappa shape index (κ2) is 20.9. The summed E-state index contributed by atoms with van der Waals surface area (Å²) in [5.41, 5.74) is 0. The molecule has 0 fully saturated rings. The molecule has 150 valence electrons. The Morgan fingerprint density at radius 3 is 1.76 bits per heavy atom. The van der Waals surface area contributed by atoms with Gasteiger partial charge in [-0.15, -0.1) is 0 Å². The van der Waals surface area contributed by atoms with E-state index in [0.717, 1.165) is 19.4 Å². The largest absolute Gasteiger partial charge is 0.481 e. The van der Waals surface area contributed by atoms with Gasteiger partial charge in [-0.3, -0.25) is 14.5 Å². The van der Waals surface area contributed by atoms with Crippen molar-refractivity contribution < 1.29 is 14.7 Å². The molecule has 5 nitrogen and oxygen atoms in total. The van der Waals surface area contributed by atoms with E-state index < -0.39 is 5.97 Å². The van der Waals surface area contributed by atoms with Gasteiger partial charge < -0.3 is 10.4 Å². The first-order chi connectivity index (χ1) is 12.0. The molecule has 0 aliphatic rings. The number of carbonyl (C=O) groups is 2. The third-order valence-corrected chi connectivity index (χ3v) is 3.96. The first kappa shape index (κ1) is 26.1. The number of nitrogens with one attached hydrogen (secondary N) is 1. The van der Waals surface area contributed by atoms with Gasteiger partial charge in [0.1, 0.15) is 0 Å². The highest BCUT2D eigenvalue weighted by Crippen LogP contribution is 2.10. The van der Waals surface area contributed by atoms with Crippen molar-refractivity contribution in [1.29, 1.82) is 0 Å². The van der Waals surface area contributed by atoms with Gasteiger partial charge in [0, 0.05) is 12.8 Å². The monoisotopic (exact) mass is 358 g/mol. The normalized spacial score (nSPS) is 10.3. The third-order valence-electron chi connectivity index (χ3n) is 3.96. The predicted molar refractivity (Wildman–Crippen MR) is 106 cm³/mol. The molecule has 0 aliphatic heterocycles. The van der Waals surface area contributed by atoms with Crippen LogP contribution in [0.5, 0.6) is 0 Å². The Labute approximate surface area is 155 Å². The van der Waals surface area contributed by atoms with Crippen molar-refractivity contribution in [3.8, 4) is 0 Å². The highest BCUT2D eigenvalue weighted by molar-refractivity contribution is 5.75. The summed E-state index contributed by atoms with van der Waals surface area (Å²) in [6.45, 7) is 7.73. The molecule has 0 aliphatic carbocycles. The summed E-state index contributed by atoms with van der Waals surface area (Å²) >= 11 is 0. The van der Waals surface area contributed by atoms with Gasteiger partial charge in [-0.05, 0) is 26.4 Å². The lowest BCUT2D eigenvalue weighted by Gasteiger charge is -2.16. The Morgan fingerprint density at radius 2 is 1.32 bits per heavy atom. The van der Waals surface area contributed by atoms with Crippen molar-refractivity contribution in [2.24, 2.45) is 0 Å². The molecule has 2 N–H and O–H groups in total. The SMILES string of the molecule is CCC(=O)O.CCCCCCCCCCCC(=O)NCN(C)CCC. The fourth-order valence-corrected chi connectivity index (χ4v) is 2.37. The maximum absolute atomic E-state index is 11.6. The van der Waals surface area contributed by atoms with Crippen LogP contribution in [-0.4, -0.2) is 42.1 Å². The molecule has 0 rings (SSSR count). The lowest BCUT2D eigenvalue weighted by atomic mass is 10.1. The molecule has 0 aromatic heterocycles. The molecule has 5 heteroatoms. The quantitative estimate of drug-likeness (QED) is 0.326. The van der Waals surface area contributed by atoms with E-state index >= 15 is 0 Å². The summed E-state index contributed by atoms with van der Waals surface area (Å²) in [5.74, 6) is -0.541. The molecule has 1 amide bonds. The van der Waals surface area contributed by atoms with E-state index in [2.05, 4.69) is 24.1 Å². The molecule has 0 saturated carbocycles.